The molecule has 8 heteroatoms. The van der Waals surface area contributed by atoms with Crippen LogP contribution in [-0.2, 0) is 0 Å². The molecule has 0 saturated heterocycles. The number of ether oxygens (including phenoxy) is 2. The summed E-state index contributed by atoms with van der Waals surface area (Å²) in [4.78, 5) is 19.9. The standard InChI is InChI=1S/C19H14FN3O4/c1-25-15-6-3-10(7-16(15)26-2)18-22-19(27-23-18)13-9-21-14-5-4-11(20)8-12(14)17(13)24/h3-9H,1-2H3,(H,21,24). The Hall–Kier alpha value is -3.68. The summed E-state index contributed by atoms with van der Waals surface area (Å²) in [5, 5.41) is 4.13. The number of H-pyrrole nitrogens is 1. The van der Waals surface area contributed by atoms with E-state index in [0.29, 0.717) is 22.6 Å². The zero-order valence-corrected chi connectivity index (χ0v) is 14.4. The average Bonchev–Trinajstić information content (AvgIpc) is 3.18. The largest absolute Gasteiger partial charge is 0.493 e. The van der Waals surface area contributed by atoms with Crippen molar-refractivity contribution >= 4 is 10.9 Å². The van der Waals surface area contributed by atoms with Crippen molar-refractivity contribution in [3.8, 4) is 34.3 Å². The number of rotatable bonds is 4. The highest BCUT2D eigenvalue weighted by Crippen LogP contribution is 2.31. The molecule has 0 radical (unpaired) electrons. The maximum atomic E-state index is 13.5. The van der Waals surface area contributed by atoms with Gasteiger partial charge in [-0.25, -0.2) is 4.39 Å². The first-order valence-corrected chi connectivity index (χ1v) is 7.98. The molecule has 2 aromatic heterocycles. The molecule has 27 heavy (non-hydrogen) atoms. The van der Waals surface area contributed by atoms with Gasteiger partial charge >= 0.3 is 0 Å². The molecule has 0 atom stereocenters. The molecule has 0 aliphatic rings. The number of benzene rings is 2. The van der Waals surface area contributed by atoms with E-state index in [1.54, 1.807) is 25.3 Å². The predicted octanol–water partition coefficient (Wildman–Crippen LogP) is 3.40. The summed E-state index contributed by atoms with van der Waals surface area (Å²) < 4.78 is 29.2. The van der Waals surface area contributed by atoms with Crippen LogP contribution in [0.1, 0.15) is 0 Å². The van der Waals surface area contributed by atoms with E-state index in [0.717, 1.165) is 0 Å². The average molecular weight is 367 g/mol. The lowest BCUT2D eigenvalue weighted by molar-refractivity contribution is 0.355. The van der Waals surface area contributed by atoms with Crippen LogP contribution in [0.15, 0.2) is 51.9 Å². The molecule has 0 unspecified atom stereocenters. The Morgan fingerprint density at radius 2 is 1.89 bits per heavy atom. The highest BCUT2D eigenvalue weighted by molar-refractivity contribution is 5.82. The minimum absolute atomic E-state index is 0.0344. The number of hydrogen-bond acceptors (Lipinski definition) is 6. The molecule has 1 N–H and O–H groups in total. The molecule has 0 aliphatic carbocycles. The molecular formula is C19H14FN3O4. The van der Waals surface area contributed by atoms with Crippen molar-refractivity contribution < 1.29 is 18.4 Å². The Bertz CT molecular complexity index is 1200. The summed E-state index contributed by atoms with van der Waals surface area (Å²) in [7, 11) is 3.07. The van der Waals surface area contributed by atoms with E-state index >= 15 is 0 Å². The highest BCUT2D eigenvalue weighted by atomic mass is 19.1. The van der Waals surface area contributed by atoms with Gasteiger partial charge in [0.2, 0.25) is 11.3 Å². The van der Waals surface area contributed by atoms with Gasteiger partial charge in [-0.05, 0) is 36.4 Å². The van der Waals surface area contributed by atoms with Gasteiger partial charge < -0.3 is 19.0 Å². The SMILES string of the molecule is COc1ccc(-c2noc(-c3c[nH]c4ccc(F)cc4c3=O)n2)cc1OC. The van der Waals surface area contributed by atoms with Gasteiger partial charge in [-0.15, -0.1) is 0 Å². The van der Waals surface area contributed by atoms with Gasteiger partial charge in [0.05, 0.1) is 14.2 Å². The van der Waals surface area contributed by atoms with Crippen molar-refractivity contribution in [1.82, 2.24) is 15.1 Å². The number of nitrogens with zero attached hydrogens (tertiary/aromatic N) is 2. The van der Waals surface area contributed by atoms with Crippen LogP contribution in [-0.4, -0.2) is 29.3 Å². The monoisotopic (exact) mass is 367 g/mol. The van der Waals surface area contributed by atoms with Crippen LogP contribution in [0.5, 0.6) is 11.5 Å². The van der Waals surface area contributed by atoms with E-state index in [9.17, 15) is 9.18 Å². The fourth-order valence-electron chi connectivity index (χ4n) is 2.78. The second-order valence-corrected chi connectivity index (χ2v) is 5.71. The molecule has 4 rings (SSSR count). The maximum absolute atomic E-state index is 13.5. The van der Waals surface area contributed by atoms with Crippen LogP contribution < -0.4 is 14.9 Å². The lowest BCUT2D eigenvalue weighted by Crippen LogP contribution is -2.06. The van der Waals surface area contributed by atoms with Crippen LogP contribution in [0.25, 0.3) is 33.7 Å². The summed E-state index contributed by atoms with van der Waals surface area (Å²) in [5.74, 6) is 0.900. The van der Waals surface area contributed by atoms with Crippen LogP contribution in [0, 0.1) is 5.82 Å². The molecule has 0 bridgehead atoms. The minimum Gasteiger partial charge on any atom is -0.493 e. The fraction of sp³-hybridized carbons (Fsp3) is 0.105. The van der Waals surface area contributed by atoms with Crippen molar-refractivity contribution in [3.05, 3.63) is 58.6 Å². The quantitative estimate of drug-likeness (QED) is 0.595. The van der Waals surface area contributed by atoms with E-state index in [-0.39, 0.29) is 22.7 Å². The molecule has 2 aromatic carbocycles. The van der Waals surface area contributed by atoms with Crippen LogP contribution >= 0.6 is 0 Å². The van der Waals surface area contributed by atoms with E-state index in [1.165, 1.54) is 31.5 Å². The summed E-state index contributed by atoms with van der Waals surface area (Å²) in [6, 6.07) is 9.11. The minimum atomic E-state index is -0.498. The summed E-state index contributed by atoms with van der Waals surface area (Å²) >= 11 is 0. The second kappa shape index (κ2) is 6.56. The van der Waals surface area contributed by atoms with Crippen molar-refractivity contribution in [2.24, 2.45) is 0 Å². The third kappa shape index (κ3) is 2.91. The third-order valence-electron chi connectivity index (χ3n) is 4.14. The number of aromatic amines is 1. The highest BCUT2D eigenvalue weighted by Gasteiger charge is 2.17. The molecule has 0 saturated carbocycles. The number of nitrogens with one attached hydrogen (secondary N) is 1. The Kier molecular flexibility index (Phi) is 4.08. The Labute approximate surface area is 152 Å². The molecule has 136 valence electrons. The molecule has 0 spiro atoms. The smallest absolute Gasteiger partial charge is 0.263 e. The first kappa shape index (κ1) is 16.8. The first-order valence-electron chi connectivity index (χ1n) is 7.98. The van der Waals surface area contributed by atoms with Gasteiger partial charge in [0, 0.05) is 22.7 Å². The van der Waals surface area contributed by atoms with Crippen molar-refractivity contribution in [3.63, 3.8) is 0 Å². The Morgan fingerprint density at radius 3 is 2.67 bits per heavy atom. The second-order valence-electron chi connectivity index (χ2n) is 5.71. The van der Waals surface area contributed by atoms with Crippen molar-refractivity contribution in [2.45, 2.75) is 0 Å². The van der Waals surface area contributed by atoms with E-state index in [1.807, 2.05) is 0 Å². The molecule has 4 aromatic rings. The Morgan fingerprint density at radius 1 is 1.07 bits per heavy atom. The molecule has 2 heterocycles. The van der Waals surface area contributed by atoms with Gasteiger partial charge in [-0.3, -0.25) is 4.79 Å². The van der Waals surface area contributed by atoms with Crippen molar-refractivity contribution in [1.29, 1.82) is 0 Å². The predicted molar refractivity (Wildman–Crippen MR) is 96.4 cm³/mol. The van der Waals surface area contributed by atoms with Gasteiger partial charge in [0.1, 0.15) is 11.4 Å². The van der Waals surface area contributed by atoms with Gasteiger partial charge in [-0.2, -0.15) is 4.98 Å². The normalized spacial score (nSPS) is 10.9. The van der Waals surface area contributed by atoms with Gasteiger partial charge in [0.15, 0.2) is 11.5 Å². The number of fused-ring (bicyclic) bond motifs is 1. The molecular weight excluding hydrogens is 353 g/mol. The number of aromatic nitrogens is 3. The van der Waals surface area contributed by atoms with E-state index in [2.05, 4.69) is 15.1 Å². The topological polar surface area (TPSA) is 90.2 Å². The van der Waals surface area contributed by atoms with Crippen LogP contribution in [0.3, 0.4) is 0 Å². The van der Waals surface area contributed by atoms with Gasteiger partial charge in [0.25, 0.3) is 5.89 Å². The first-order chi connectivity index (χ1) is 13.1. The fourth-order valence-corrected chi connectivity index (χ4v) is 2.78. The summed E-state index contributed by atoms with van der Waals surface area (Å²) in [6.45, 7) is 0. The number of pyridine rings is 1. The molecule has 0 amide bonds. The molecule has 0 fully saturated rings. The lowest BCUT2D eigenvalue weighted by atomic mass is 10.1. The number of methoxy groups -OCH3 is 2. The summed E-state index contributed by atoms with van der Waals surface area (Å²) in [5.41, 5.74) is 0.911. The number of halogens is 1. The Balaban J connectivity index is 1.78. The zero-order valence-electron chi connectivity index (χ0n) is 14.4. The zero-order chi connectivity index (χ0) is 19.0. The lowest BCUT2D eigenvalue weighted by Gasteiger charge is -2.07. The van der Waals surface area contributed by atoms with Crippen molar-refractivity contribution in [2.75, 3.05) is 14.2 Å². The van der Waals surface area contributed by atoms with E-state index in [4.69, 9.17) is 14.0 Å². The number of hydrogen-bond donors (Lipinski definition) is 1. The summed E-state index contributed by atoms with van der Waals surface area (Å²) in [6.07, 6.45) is 1.47. The van der Waals surface area contributed by atoms with Crippen LogP contribution in [0.2, 0.25) is 0 Å². The van der Waals surface area contributed by atoms with Crippen LogP contribution in [0.4, 0.5) is 4.39 Å². The molecule has 0 aliphatic heterocycles. The third-order valence-corrected chi connectivity index (χ3v) is 4.14. The van der Waals surface area contributed by atoms with Gasteiger partial charge in [-0.1, -0.05) is 5.16 Å². The molecule has 7 nitrogen and oxygen atoms in total. The van der Waals surface area contributed by atoms with E-state index < -0.39 is 11.2 Å². The maximum Gasteiger partial charge on any atom is 0.263 e.